The Labute approximate surface area is 190 Å². The summed E-state index contributed by atoms with van der Waals surface area (Å²) in [5.41, 5.74) is -1.55. The summed E-state index contributed by atoms with van der Waals surface area (Å²) < 4.78 is 44.1. The van der Waals surface area contributed by atoms with Crippen molar-refractivity contribution in [2.75, 3.05) is 19.2 Å². The van der Waals surface area contributed by atoms with Gasteiger partial charge < -0.3 is 15.6 Å². The summed E-state index contributed by atoms with van der Waals surface area (Å²) in [6, 6.07) is 0. The minimum absolute atomic E-state index is 0. The van der Waals surface area contributed by atoms with E-state index < -0.39 is 52.6 Å². The van der Waals surface area contributed by atoms with Gasteiger partial charge in [0.15, 0.2) is 0 Å². The quantitative estimate of drug-likeness (QED) is 0.148. The summed E-state index contributed by atoms with van der Waals surface area (Å²) >= 11 is 0. The molecule has 25 heavy (non-hydrogen) atoms. The van der Waals surface area contributed by atoms with Crippen LogP contribution >= 0.6 is 0 Å². The first-order valence-electron chi connectivity index (χ1n) is 6.56. The fourth-order valence-corrected chi connectivity index (χ4v) is 1.41. The Kier molecular flexibility index (Phi) is 12.0. The van der Waals surface area contributed by atoms with Crippen LogP contribution in [-0.2, 0) is 38.7 Å². The van der Waals surface area contributed by atoms with Gasteiger partial charge >= 0.3 is 79.4 Å². The van der Waals surface area contributed by atoms with Gasteiger partial charge in [0.1, 0.15) is 18.6 Å². The topological polar surface area (TPSA) is 133 Å². The molecule has 0 atom stereocenters. The van der Waals surface area contributed by atoms with Crippen LogP contribution in [0.25, 0.3) is 0 Å². The summed E-state index contributed by atoms with van der Waals surface area (Å²) in [6.07, 6.45) is 0. The smallest absolute Gasteiger partial charge is 1.00 e. The molecule has 1 N–H and O–H groups in total. The molecule has 0 aliphatic heterocycles. The second-order valence-electron chi connectivity index (χ2n) is 5.41. The van der Waals surface area contributed by atoms with Crippen LogP contribution in [0.15, 0.2) is 24.3 Å². The Bertz CT molecular complexity index is 627. The predicted molar refractivity (Wildman–Crippen MR) is 83.3 cm³/mol. The van der Waals surface area contributed by atoms with Crippen molar-refractivity contribution in [1.82, 2.24) is 0 Å². The molecule has 0 aromatic heterocycles. The number of ether oxygens (including phenoxy) is 3. The average Bonchev–Trinajstić information content (AvgIpc) is 2.46. The van der Waals surface area contributed by atoms with Crippen LogP contribution in [0.2, 0.25) is 0 Å². The summed E-state index contributed by atoms with van der Waals surface area (Å²) in [7, 11) is -4.56. The Hall–Kier alpha value is -0.564. The zero-order valence-corrected chi connectivity index (χ0v) is 18.6. The molecule has 0 spiro atoms. The molecular weight excluding hydrogens is 383 g/mol. The van der Waals surface area contributed by atoms with Crippen LogP contribution in [0.5, 0.6) is 0 Å². The molecule has 0 aliphatic carbocycles. The van der Waals surface area contributed by atoms with Gasteiger partial charge in [-0.15, -0.1) is 0 Å². The molecule has 0 saturated carbocycles. The Morgan fingerprint density at radius 1 is 1.00 bits per heavy atom. The number of esters is 3. The van der Waals surface area contributed by atoms with Gasteiger partial charge in [0, 0.05) is 11.1 Å². The van der Waals surface area contributed by atoms with E-state index in [-0.39, 0.29) is 64.0 Å². The molecular formula is C14H21KO9S. The SMILES string of the molecule is C=C(C)C(=O)OCC(C)(COC(=O)C(=C)C)C(=O)OCS(=O)(=O)O.[H-].[K+]. The largest absolute Gasteiger partial charge is 1.00 e. The Morgan fingerprint density at radius 2 is 1.36 bits per heavy atom. The number of carbonyl (C=O) groups excluding carboxylic acids is 3. The molecule has 0 unspecified atom stereocenters. The predicted octanol–water partition coefficient (Wildman–Crippen LogP) is -2.26. The minimum Gasteiger partial charge on any atom is -1.00 e. The third-order valence-electron chi connectivity index (χ3n) is 2.57. The van der Waals surface area contributed by atoms with Crippen molar-refractivity contribution < 1.29 is 94.4 Å². The fraction of sp³-hybridized carbons (Fsp3) is 0.500. The van der Waals surface area contributed by atoms with Gasteiger partial charge in [0.25, 0.3) is 0 Å². The monoisotopic (exact) mass is 404 g/mol. The van der Waals surface area contributed by atoms with E-state index in [1.165, 1.54) is 20.8 Å². The van der Waals surface area contributed by atoms with Crippen LogP contribution < -0.4 is 51.4 Å². The third-order valence-corrected chi connectivity index (χ3v) is 2.99. The van der Waals surface area contributed by atoms with Gasteiger partial charge in [-0.05, 0) is 20.8 Å². The first kappa shape index (κ1) is 26.7. The van der Waals surface area contributed by atoms with E-state index >= 15 is 0 Å². The van der Waals surface area contributed by atoms with Crippen LogP contribution in [0.3, 0.4) is 0 Å². The van der Waals surface area contributed by atoms with Crippen LogP contribution in [-0.4, -0.2) is 50.0 Å². The molecule has 11 heteroatoms. The van der Waals surface area contributed by atoms with Crippen molar-refractivity contribution in [2.45, 2.75) is 20.8 Å². The molecule has 0 bridgehead atoms. The van der Waals surface area contributed by atoms with Gasteiger partial charge in [0.2, 0.25) is 5.94 Å². The molecule has 0 fully saturated rings. The minimum atomic E-state index is -4.56. The van der Waals surface area contributed by atoms with Gasteiger partial charge in [-0.25, -0.2) is 9.59 Å². The average molecular weight is 404 g/mol. The van der Waals surface area contributed by atoms with E-state index in [1.54, 1.807) is 0 Å². The summed E-state index contributed by atoms with van der Waals surface area (Å²) in [6.45, 7) is 9.61. The van der Waals surface area contributed by atoms with E-state index in [9.17, 15) is 22.8 Å². The van der Waals surface area contributed by atoms with E-state index in [4.69, 9.17) is 14.0 Å². The van der Waals surface area contributed by atoms with Gasteiger partial charge in [-0.1, -0.05) is 13.2 Å². The molecule has 0 heterocycles. The number of carbonyl (C=O) groups is 3. The Balaban J connectivity index is -0.00000264. The number of hydrogen-bond acceptors (Lipinski definition) is 8. The molecule has 0 aromatic rings. The van der Waals surface area contributed by atoms with Crippen molar-refractivity contribution in [2.24, 2.45) is 5.41 Å². The maximum atomic E-state index is 12.1. The summed E-state index contributed by atoms with van der Waals surface area (Å²) in [5, 5.41) is 0. The normalized spacial score (nSPS) is 10.9. The zero-order valence-electron chi connectivity index (χ0n) is 15.7. The van der Waals surface area contributed by atoms with Crippen molar-refractivity contribution in [1.29, 1.82) is 0 Å². The maximum Gasteiger partial charge on any atom is 1.00 e. The van der Waals surface area contributed by atoms with Crippen molar-refractivity contribution in [3.63, 3.8) is 0 Å². The molecule has 0 saturated heterocycles. The van der Waals surface area contributed by atoms with Gasteiger partial charge in [-0.2, -0.15) is 8.42 Å². The van der Waals surface area contributed by atoms with Crippen molar-refractivity contribution in [3.8, 4) is 0 Å². The van der Waals surface area contributed by atoms with Crippen LogP contribution in [0.4, 0.5) is 0 Å². The summed E-state index contributed by atoms with van der Waals surface area (Å²) in [4.78, 5) is 34.9. The molecule has 0 aromatic carbocycles. The second kappa shape index (κ2) is 11.2. The zero-order chi connectivity index (χ0) is 19.1. The van der Waals surface area contributed by atoms with Crippen LogP contribution in [0, 0.1) is 5.41 Å². The first-order chi connectivity index (χ1) is 10.8. The van der Waals surface area contributed by atoms with Gasteiger partial charge in [-0.3, -0.25) is 9.35 Å². The van der Waals surface area contributed by atoms with Crippen molar-refractivity contribution in [3.05, 3.63) is 24.3 Å². The first-order valence-corrected chi connectivity index (χ1v) is 8.17. The number of rotatable bonds is 9. The van der Waals surface area contributed by atoms with E-state index in [2.05, 4.69) is 17.9 Å². The fourth-order valence-electron chi connectivity index (χ4n) is 1.16. The molecule has 138 valence electrons. The molecule has 0 aliphatic rings. The molecule has 0 rings (SSSR count). The van der Waals surface area contributed by atoms with E-state index in [1.807, 2.05) is 0 Å². The van der Waals surface area contributed by atoms with Gasteiger partial charge in [0.05, 0.1) is 0 Å². The van der Waals surface area contributed by atoms with E-state index in [0.29, 0.717) is 0 Å². The summed E-state index contributed by atoms with van der Waals surface area (Å²) in [5.74, 6) is -4.03. The molecule has 0 radical (unpaired) electrons. The maximum absolute atomic E-state index is 12.1. The second-order valence-corrected chi connectivity index (χ2v) is 6.80. The number of hydrogen-bond donors (Lipinski definition) is 1. The Morgan fingerprint density at radius 3 is 1.64 bits per heavy atom. The van der Waals surface area contributed by atoms with E-state index in [0.717, 1.165) is 0 Å². The standard InChI is InChI=1S/C14H20O9S.K.H/c1-9(2)11(15)21-6-14(5,7-22-12(16)10(3)4)13(17)23-8-24(18,19)20;;/h1,3,6-8H2,2,4-5H3,(H,18,19,20);;/q;+1;-1. The van der Waals surface area contributed by atoms with Crippen LogP contribution in [0.1, 0.15) is 22.2 Å². The third kappa shape index (κ3) is 10.9. The molecule has 9 nitrogen and oxygen atoms in total. The molecule has 0 amide bonds. The van der Waals surface area contributed by atoms with Crippen molar-refractivity contribution >= 4 is 28.0 Å².